The van der Waals surface area contributed by atoms with Crippen molar-refractivity contribution in [3.8, 4) is 0 Å². The SMILES string of the molecule is CSc1ccc(C(C)NCC(O)C(F)(F)F)cc1. The van der Waals surface area contributed by atoms with Gasteiger partial charge in [0.15, 0.2) is 6.10 Å². The van der Waals surface area contributed by atoms with Crippen LogP contribution >= 0.6 is 11.8 Å². The zero-order valence-electron chi connectivity index (χ0n) is 10.2. The Balaban J connectivity index is 2.52. The van der Waals surface area contributed by atoms with E-state index >= 15 is 0 Å². The first-order valence-electron chi connectivity index (χ1n) is 5.46. The van der Waals surface area contributed by atoms with Gasteiger partial charge in [-0.15, -0.1) is 11.8 Å². The minimum atomic E-state index is -4.57. The molecular formula is C12H16F3NOS. The summed E-state index contributed by atoms with van der Waals surface area (Å²) in [5.74, 6) is 0. The first kappa shape index (κ1) is 15.3. The molecule has 1 aromatic rings. The molecule has 0 saturated carbocycles. The highest BCUT2D eigenvalue weighted by Crippen LogP contribution is 2.21. The second-order valence-electron chi connectivity index (χ2n) is 3.96. The highest BCUT2D eigenvalue weighted by molar-refractivity contribution is 7.98. The predicted octanol–water partition coefficient (Wildman–Crippen LogP) is 2.98. The maximum absolute atomic E-state index is 12.1. The quantitative estimate of drug-likeness (QED) is 0.813. The number of hydrogen-bond donors (Lipinski definition) is 2. The molecule has 1 aromatic carbocycles. The van der Waals surface area contributed by atoms with Crippen LogP contribution in [0.3, 0.4) is 0 Å². The van der Waals surface area contributed by atoms with E-state index in [-0.39, 0.29) is 6.04 Å². The molecule has 1 rings (SSSR count). The second-order valence-corrected chi connectivity index (χ2v) is 4.84. The van der Waals surface area contributed by atoms with Crippen LogP contribution in [-0.4, -0.2) is 30.2 Å². The maximum Gasteiger partial charge on any atom is 0.415 e. The van der Waals surface area contributed by atoms with Crippen LogP contribution in [0.5, 0.6) is 0 Å². The zero-order chi connectivity index (χ0) is 13.8. The Kier molecular flexibility index (Phi) is 5.49. The molecule has 0 radical (unpaired) electrons. The molecule has 102 valence electrons. The monoisotopic (exact) mass is 279 g/mol. The maximum atomic E-state index is 12.1. The normalized spacial score (nSPS) is 15.4. The average molecular weight is 279 g/mol. The lowest BCUT2D eigenvalue weighted by molar-refractivity contribution is -0.202. The van der Waals surface area contributed by atoms with Gasteiger partial charge in [0, 0.05) is 17.5 Å². The summed E-state index contributed by atoms with van der Waals surface area (Å²) in [6.07, 6.45) is -4.95. The Bertz CT molecular complexity index is 367. The molecule has 0 heterocycles. The lowest BCUT2D eigenvalue weighted by Crippen LogP contribution is -2.39. The van der Waals surface area contributed by atoms with Crippen LogP contribution in [0.25, 0.3) is 0 Å². The fourth-order valence-electron chi connectivity index (χ4n) is 1.41. The lowest BCUT2D eigenvalue weighted by Gasteiger charge is -2.19. The molecule has 0 bridgehead atoms. The van der Waals surface area contributed by atoms with Gasteiger partial charge in [0.05, 0.1) is 0 Å². The van der Waals surface area contributed by atoms with Crippen LogP contribution in [0.2, 0.25) is 0 Å². The summed E-state index contributed by atoms with van der Waals surface area (Å²) < 4.78 is 36.3. The van der Waals surface area contributed by atoms with E-state index in [0.29, 0.717) is 0 Å². The Morgan fingerprint density at radius 2 is 1.83 bits per heavy atom. The molecule has 0 aliphatic heterocycles. The van der Waals surface area contributed by atoms with Crippen molar-refractivity contribution in [2.75, 3.05) is 12.8 Å². The third-order valence-corrected chi connectivity index (χ3v) is 3.35. The van der Waals surface area contributed by atoms with Crippen molar-refractivity contribution in [3.63, 3.8) is 0 Å². The van der Waals surface area contributed by atoms with Crippen LogP contribution in [-0.2, 0) is 0 Å². The van der Waals surface area contributed by atoms with Gasteiger partial charge < -0.3 is 10.4 Å². The number of aliphatic hydroxyl groups excluding tert-OH is 1. The average Bonchev–Trinajstić information content (AvgIpc) is 2.34. The molecule has 0 aromatic heterocycles. The fourth-order valence-corrected chi connectivity index (χ4v) is 1.82. The summed E-state index contributed by atoms with van der Waals surface area (Å²) in [5.41, 5.74) is 0.891. The van der Waals surface area contributed by atoms with E-state index in [1.165, 1.54) is 0 Å². The van der Waals surface area contributed by atoms with Gasteiger partial charge in [-0.3, -0.25) is 0 Å². The highest BCUT2D eigenvalue weighted by Gasteiger charge is 2.37. The Hall–Kier alpha value is -0.720. The Morgan fingerprint density at radius 1 is 1.28 bits per heavy atom. The predicted molar refractivity (Wildman–Crippen MR) is 66.7 cm³/mol. The third-order valence-electron chi connectivity index (χ3n) is 2.61. The smallest absolute Gasteiger partial charge is 0.382 e. The van der Waals surface area contributed by atoms with Crippen LogP contribution in [0.4, 0.5) is 13.2 Å². The van der Waals surface area contributed by atoms with Gasteiger partial charge in [-0.1, -0.05) is 12.1 Å². The van der Waals surface area contributed by atoms with Crippen molar-refractivity contribution in [3.05, 3.63) is 29.8 Å². The number of thioether (sulfide) groups is 1. The third kappa shape index (κ3) is 4.51. The summed E-state index contributed by atoms with van der Waals surface area (Å²) in [7, 11) is 0. The topological polar surface area (TPSA) is 32.3 Å². The van der Waals surface area contributed by atoms with Gasteiger partial charge in [0.1, 0.15) is 0 Å². The van der Waals surface area contributed by atoms with Crippen molar-refractivity contribution in [2.45, 2.75) is 30.1 Å². The van der Waals surface area contributed by atoms with Gasteiger partial charge in [-0.2, -0.15) is 13.2 Å². The molecule has 0 aliphatic carbocycles. The number of benzene rings is 1. The molecule has 18 heavy (non-hydrogen) atoms. The minimum absolute atomic E-state index is 0.238. The van der Waals surface area contributed by atoms with Crippen molar-refractivity contribution >= 4 is 11.8 Å². The number of aliphatic hydroxyl groups is 1. The Morgan fingerprint density at radius 3 is 2.28 bits per heavy atom. The van der Waals surface area contributed by atoms with E-state index in [0.717, 1.165) is 10.5 Å². The van der Waals surface area contributed by atoms with Gasteiger partial charge in [0.25, 0.3) is 0 Å². The van der Waals surface area contributed by atoms with Gasteiger partial charge in [-0.25, -0.2) is 0 Å². The largest absolute Gasteiger partial charge is 0.415 e. The molecule has 2 unspecified atom stereocenters. The minimum Gasteiger partial charge on any atom is -0.382 e. The summed E-state index contributed by atoms with van der Waals surface area (Å²) >= 11 is 1.60. The summed E-state index contributed by atoms with van der Waals surface area (Å²) in [4.78, 5) is 1.10. The van der Waals surface area contributed by atoms with Crippen LogP contribution in [0.1, 0.15) is 18.5 Å². The van der Waals surface area contributed by atoms with Gasteiger partial charge in [0.2, 0.25) is 0 Å². The number of nitrogens with one attached hydrogen (secondary N) is 1. The first-order chi connectivity index (χ1) is 8.34. The van der Waals surface area contributed by atoms with Crippen molar-refractivity contribution in [2.24, 2.45) is 0 Å². The number of hydrogen-bond acceptors (Lipinski definition) is 3. The van der Waals surface area contributed by atoms with Crippen LogP contribution < -0.4 is 5.32 Å². The van der Waals surface area contributed by atoms with Crippen LogP contribution in [0, 0.1) is 0 Å². The molecule has 0 fully saturated rings. The van der Waals surface area contributed by atoms with Crippen molar-refractivity contribution in [1.29, 1.82) is 0 Å². The van der Waals surface area contributed by atoms with E-state index in [2.05, 4.69) is 5.32 Å². The molecule has 0 amide bonds. The van der Waals surface area contributed by atoms with E-state index in [1.807, 2.05) is 30.5 Å². The van der Waals surface area contributed by atoms with Crippen molar-refractivity contribution in [1.82, 2.24) is 5.32 Å². The fraction of sp³-hybridized carbons (Fsp3) is 0.500. The second kappa shape index (κ2) is 6.45. The molecule has 2 nitrogen and oxygen atoms in total. The van der Waals surface area contributed by atoms with Gasteiger partial charge in [-0.05, 0) is 30.9 Å². The Labute approximate surface area is 109 Å². The van der Waals surface area contributed by atoms with E-state index in [1.54, 1.807) is 18.7 Å². The first-order valence-corrected chi connectivity index (χ1v) is 6.69. The molecule has 0 spiro atoms. The molecule has 0 aliphatic rings. The lowest BCUT2D eigenvalue weighted by atomic mass is 10.1. The van der Waals surface area contributed by atoms with Crippen LogP contribution in [0.15, 0.2) is 29.2 Å². The zero-order valence-corrected chi connectivity index (χ0v) is 11.0. The van der Waals surface area contributed by atoms with E-state index < -0.39 is 18.8 Å². The van der Waals surface area contributed by atoms with Gasteiger partial charge >= 0.3 is 6.18 Å². The highest BCUT2D eigenvalue weighted by atomic mass is 32.2. The molecule has 2 atom stereocenters. The van der Waals surface area contributed by atoms with Crippen molar-refractivity contribution < 1.29 is 18.3 Å². The van der Waals surface area contributed by atoms with E-state index in [4.69, 9.17) is 5.11 Å². The number of alkyl halides is 3. The van der Waals surface area contributed by atoms with E-state index in [9.17, 15) is 13.2 Å². The molecular weight excluding hydrogens is 263 g/mol. The summed E-state index contributed by atoms with van der Waals surface area (Å²) in [6.45, 7) is 1.26. The molecule has 2 N–H and O–H groups in total. The number of halogens is 3. The molecule has 0 saturated heterocycles. The standard InChI is InChI=1S/C12H16F3NOS/c1-8(16-7-11(17)12(13,14)15)9-3-5-10(18-2)6-4-9/h3-6,8,11,16-17H,7H2,1-2H3. The summed E-state index contributed by atoms with van der Waals surface area (Å²) in [6, 6.07) is 7.32. The molecule has 6 heteroatoms. The number of rotatable bonds is 5. The summed E-state index contributed by atoms with van der Waals surface area (Å²) in [5, 5.41) is 11.5.